The van der Waals surface area contributed by atoms with E-state index in [1.807, 2.05) is 16.9 Å². The SMILES string of the molecule is O=C(c1c(O)cccc1F)N1CCCC(n2cccn2)C1. The molecule has 6 heteroatoms. The van der Waals surface area contributed by atoms with Crippen molar-refractivity contribution in [2.45, 2.75) is 18.9 Å². The number of phenols is 1. The van der Waals surface area contributed by atoms with E-state index in [2.05, 4.69) is 5.10 Å². The Morgan fingerprint density at radius 3 is 2.95 bits per heavy atom. The molecular formula is C15H16FN3O2. The molecule has 0 saturated carbocycles. The first kappa shape index (κ1) is 13.6. The van der Waals surface area contributed by atoms with E-state index >= 15 is 0 Å². The second kappa shape index (κ2) is 5.55. The number of hydrogen-bond acceptors (Lipinski definition) is 3. The van der Waals surface area contributed by atoms with Crippen molar-refractivity contribution in [1.29, 1.82) is 0 Å². The molecule has 0 aliphatic carbocycles. The van der Waals surface area contributed by atoms with E-state index in [4.69, 9.17) is 0 Å². The lowest BCUT2D eigenvalue weighted by molar-refractivity contribution is 0.0665. The topological polar surface area (TPSA) is 58.4 Å². The van der Waals surface area contributed by atoms with Crippen LogP contribution in [0.15, 0.2) is 36.7 Å². The van der Waals surface area contributed by atoms with E-state index in [9.17, 15) is 14.3 Å². The summed E-state index contributed by atoms with van der Waals surface area (Å²) in [6.45, 7) is 1.03. The molecule has 5 nitrogen and oxygen atoms in total. The fourth-order valence-corrected chi connectivity index (χ4v) is 2.73. The Morgan fingerprint density at radius 2 is 2.24 bits per heavy atom. The van der Waals surface area contributed by atoms with E-state index < -0.39 is 11.7 Å². The highest BCUT2D eigenvalue weighted by Gasteiger charge is 2.28. The Labute approximate surface area is 121 Å². The van der Waals surface area contributed by atoms with Gasteiger partial charge in [-0.2, -0.15) is 5.10 Å². The lowest BCUT2D eigenvalue weighted by atomic mass is 10.0. The minimum Gasteiger partial charge on any atom is -0.507 e. The molecule has 1 aromatic carbocycles. The largest absolute Gasteiger partial charge is 0.507 e. The van der Waals surface area contributed by atoms with Crippen LogP contribution >= 0.6 is 0 Å². The Bertz CT molecular complexity index is 622. The highest BCUT2D eigenvalue weighted by atomic mass is 19.1. The quantitative estimate of drug-likeness (QED) is 0.922. The summed E-state index contributed by atoms with van der Waals surface area (Å²) in [7, 11) is 0. The van der Waals surface area contributed by atoms with Gasteiger partial charge < -0.3 is 10.0 Å². The van der Waals surface area contributed by atoms with Crippen molar-refractivity contribution in [3.63, 3.8) is 0 Å². The Kier molecular flexibility index (Phi) is 3.60. The van der Waals surface area contributed by atoms with E-state index in [-0.39, 0.29) is 17.4 Å². The molecule has 3 rings (SSSR count). The molecule has 1 atom stereocenters. The number of likely N-dealkylation sites (tertiary alicyclic amines) is 1. The molecule has 1 aromatic heterocycles. The van der Waals surface area contributed by atoms with Crippen molar-refractivity contribution in [1.82, 2.24) is 14.7 Å². The molecule has 0 spiro atoms. The number of hydrogen-bond donors (Lipinski definition) is 1. The van der Waals surface area contributed by atoms with Crippen LogP contribution in [-0.2, 0) is 0 Å². The fraction of sp³-hybridized carbons (Fsp3) is 0.333. The van der Waals surface area contributed by atoms with Crippen molar-refractivity contribution in [2.24, 2.45) is 0 Å². The van der Waals surface area contributed by atoms with Crippen molar-refractivity contribution in [2.75, 3.05) is 13.1 Å². The number of carbonyl (C=O) groups is 1. The molecule has 2 heterocycles. The number of aromatic nitrogens is 2. The Morgan fingerprint density at radius 1 is 1.38 bits per heavy atom. The smallest absolute Gasteiger partial charge is 0.260 e. The number of aromatic hydroxyl groups is 1. The minimum absolute atomic E-state index is 0.0895. The average Bonchev–Trinajstić information content (AvgIpc) is 3.01. The van der Waals surface area contributed by atoms with Crippen LogP contribution in [-0.4, -0.2) is 38.8 Å². The first-order valence-corrected chi connectivity index (χ1v) is 6.92. The molecule has 1 amide bonds. The predicted molar refractivity (Wildman–Crippen MR) is 74.5 cm³/mol. The average molecular weight is 289 g/mol. The van der Waals surface area contributed by atoms with Gasteiger partial charge in [-0.15, -0.1) is 0 Å². The second-order valence-corrected chi connectivity index (χ2v) is 5.17. The van der Waals surface area contributed by atoms with Crippen LogP contribution in [0.2, 0.25) is 0 Å². The number of nitrogens with zero attached hydrogens (tertiary/aromatic N) is 3. The summed E-state index contributed by atoms with van der Waals surface area (Å²) in [6, 6.07) is 5.81. The van der Waals surface area contributed by atoms with Gasteiger partial charge in [0, 0.05) is 25.5 Å². The molecule has 1 aliphatic heterocycles. The highest BCUT2D eigenvalue weighted by Crippen LogP contribution is 2.26. The summed E-state index contributed by atoms with van der Waals surface area (Å²) in [5, 5.41) is 13.9. The highest BCUT2D eigenvalue weighted by molar-refractivity contribution is 5.97. The normalized spacial score (nSPS) is 18.7. The van der Waals surface area contributed by atoms with Gasteiger partial charge in [0.2, 0.25) is 0 Å². The number of halogens is 1. The summed E-state index contributed by atoms with van der Waals surface area (Å²) in [6.07, 6.45) is 5.31. The molecule has 1 N–H and O–H groups in total. The molecular weight excluding hydrogens is 273 g/mol. The third-order valence-electron chi connectivity index (χ3n) is 3.79. The molecule has 110 valence electrons. The Hall–Kier alpha value is -2.37. The molecule has 1 fully saturated rings. The van der Waals surface area contributed by atoms with Gasteiger partial charge in [0.05, 0.1) is 6.04 Å². The summed E-state index contributed by atoms with van der Waals surface area (Å²) in [5.74, 6) is -1.48. The van der Waals surface area contributed by atoms with Gasteiger partial charge in [-0.3, -0.25) is 9.48 Å². The van der Waals surface area contributed by atoms with Gasteiger partial charge in [0.25, 0.3) is 5.91 Å². The van der Waals surface area contributed by atoms with Gasteiger partial charge in [0.15, 0.2) is 0 Å². The third-order valence-corrected chi connectivity index (χ3v) is 3.79. The van der Waals surface area contributed by atoms with E-state index in [1.165, 1.54) is 18.2 Å². The fourth-order valence-electron chi connectivity index (χ4n) is 2.73. The Balaban J connectivity index is 1.82. The predicted octanol–water partition coefficient (Wildman–Crippen LogP) is 2.21. The van der Waals surface area contributed by atoms with Crippen molar-refractivity contribution in [3.05, 3.63) is 48.0 Å². The summed E-state index contributed by atoms with van der Waals surface area (Å²) < 4.78 is 15.6. The van der Waals surface area contributed by atoms with Crippen molar-refractivity contribution < 1.29 is 14.3 Å². The van der Waals surface area contributed by atoms with Gasteiger partial charge in [-0.1, -0.05) is 6.07 Å². The van der Waals surface area contributed by atoms with Crippen LogP contribution in [0.5, 0.6) is 5.75 Å². The van der Waals surface area contributed by atoms with Gasteiger partial charge in [-0.25, -0.2) is 4.39 Å². The van der Waals surface area contributed by atoms with Crippen LogP contribution < -0.4 is 0 Å². The van der Waals surface area contributed by atoms with Crippen molar-refractivity contribution >= 4 is 5.91 Å². The van der Waals surface area contributed by atoms with Gasteiger partial charge in [-0.05, 0) is 31.0 Å². The summed E-state index contributed by atoms with van der Waals surface area (Å²) >= 11 is 0. The minimum atomic E-state index is -0.693. The first-order valence-electron chi connectivity index (χ1n) is 6.92. The monoisotopic (exact) mass is 289 g/mol. The molecule has 2 aromatic rings. The number of benzene rings is 1. The summed E-state index contributed by atoms with van der Waals surface area (Å²) in [5.41, 5.74) is -0.251. The summed E-state index contributed by atoms with van der Waals surface area (Å²) in [4.78, 5) is 14.0. The molecule has 21 heavy (non-hydrogen) atoms. The zero-order valence-corrected chi connectivity index (χ0v) is 11.4. The maximum absolute atomic E-state index is 13.8. The lowest BCUT2D eigenvalue weighted by Gasteiger charge is -2.33. The zero-order chi connectivity index (χ0) is 14.8. The molecule has 0 bridgehead atoms. The number of rotatable bonds is 2. The number of carbonyl (C=O) groups excluding carboxylic acids is 1. The number of phenolic OH excluding ortho intramolecular Hbond substituents is 1. The number of piperidine rings is 1. The van der Waals surface area contributed by atoms with Crippen molar-refractivity contribution in [3.8, 4) is 5.75 Å². The van der Waals surface area contributed by atoms with Crippen LogP contribution in [0.4, 0.5) is 4.39 Å². The van der Waals surface area contributed by atoms with Crippen LogP contribution in [0.25, 0.3) is 0 Å². The first-order chi connectivity index (χ1) is 10.2. The van der Waals surface area contributed by atoms with E-state index in [0.29, 0.717) is 13.1 Å². The second-order valence-electron chi connectivity index (χ2n) is 5.17. The molecule has 1 unspecified atom stereocenters. The van der Waals surface area contributed by atoms with Crippen LogP contribution in [0.3, 0.4) is 0 Å². The van der Waals surface area contributed by atoms with Gasteiger partial charge in [0.1, 0.15) is 17.1 Å². The molecule has 1 aliphatic rings. The standard InChI is InChI=1S/C15H16FN3O2/c16-12-5-1-6-13(20)14(12)15(21)18-8-2-4-11(10-18)19-9-3-7-17-19/h1,3,5-7,9,11,20H,2,4,8,10H2. The maximum Gasteiger partial charge on any atom is 0.260 e. The molecule has 1 saturated heterocycles. The third kappa shape index (κ3) is 2.61. The number of amides is 1. The van der Waals surface area contributed by atoms with Gasteiger partial charge >= 0.3 is 0 Å². The maximum atomic E-state index is 13.8. The zero-order valence-electron chi connectivity index (χ0n) is 11.4. The van der Waals surface area contributed by atoms with Crippen LogP contribution in [0.1, 0.15) is 29.2 Å². The van der Waals surface area contributed by atoms with E-state index in [1.54, 1.807) is 11.1 Å². The van der Waals surface area contributed by atoms with Crippen LogP contribution in [0, 0.1) is 5.82 Å². The lowest BCUT2D eigenvalue weighted by Crippen LogP contribution is -2.41. The molecule has 0 radical (unpaired) electrons. The van der Waals surface area contributed by atoms with E-state index in [0.717, 1.165) is 12.8 Å².